The summed E-state index contributed by atoms with van der Waals surface area (Å²) >= 11 is -1.50. The number of carbonyl (C=O) groups is 3. The maximum atomic E-state index is 12.0. The van der Waals surface area contributed by atoms with E-state index in [2.05, 4.69) is 5.32 Å². The van der Waals surface area contributed by atoms with Gasteiger partial charge in [0.2, 0.25) is 5.37 Å². The van der Waals surface area contributed by atoms with Gasteiger partial charge in [-0.1, -0.05) is 18.2 Å². The Morgan fingerprint density at radius 2 is 2.09 bits per heavy atom. The van der Waals surface area contributed by atoms with Gasteiger partial charge in [-0.15, -0.1) is 0 Å². The molecule has 0 aliphatic carbocycles. The Kier molecular flexibility index (Phi) is 4.14. The average molecular weight is 338 g/mol. The lowest BCUT2D eigenvalue weighted by Crippen LogP contribution is -2.72. The number of β-lactam (4-membered cyclic amide) rings is 1. The summed E-state index contributed by atoms with van der Waals surface area (Å²) in [7, 11) is 0. The van der Waals surface area contributed by atoms with Crippen LogP contribution in [0, 0.1) is 0 Å². The van der Waals surface area contributed by atoms with Gasteiger partial charge < -0.3 is 19.7 Å². The van der Waals surface area contributed by atoms with Crippen LogP contribution in [-0.2, 0) is 25.6 Å². The van der Waals surface area contributed by atoms with E-state index < -0.39 is 46.4 Å². The van der Waals surface area contributed by atoms with Crippen molar-refractivity contribution >= 4 is 29.0 Å². The van der Waals surface area contributed by atoms with Gasteiger partial charge in [-0.25, -0.2) is 4.79 Å². The van der Waals surface area contributed by atoms with E-state index in [1.807, 2.05) is 6.07 Å². The van der Waals surface area contributed by atoms with Crippen molar-refractivity contribution in [2.24, 2.45) is 0 Å². The Balaban J connectivity index is 1.56. The number of aliphatic carboxylic acids is 1. The molecule has 2 amide bonds. The Bertz CT molecular complexity index is 639. The van der Waals surface area contributed by atoms with Gasteiger partial charge in [0, 0.05) is 0 Å². The van der Waals surface area contributed by atoms with E-state index in [4.69, 9.17) is 9.84 Å². The fraction of sp³-hybridized carbons (Fsp3) is 0.357. The minimum atomic E-state index is -1.50. The monoisotopic (exact) mass is 338 g/mol. The molecule has 0 saturated carbocycles. The first-order valence-corrected chi connectivity index (χ1v) is 8.26. The number of benzene rings is 1. The van der Waals surface area contributed by atoms with Crippen LogP contribution in [0.1, 0.15) is 0 Å². The fourth-order valence-corrected chi connectivity index (χ4v) is 4.44. The minimum absolute atomic E-state index is 0.112. The first kappa shape index (κ1) is 15.6. The van der Waals surface area contributed by atoms with E-state index in [-0.39, 0.29) is 12.4 Å². The van der Waals surface area contributed by atoms with Gasteiger partial charge in [0.25, 0.3) is 11.8 Å². The van der Waals surface area contributed by atoms with Crippen molar-refractivity contribution in [3.63, 3.8) is 0 Å². The van der Waals surface area contributed by atoms with Gasteiger partial charge in [-0.2, -0.15) is 0 Å². The van der Waals surface area contributed by atoms with Crippen LogP contribution in [0.3, 0.4) is 0 Å². The number of fused-ring (bicyclic) bond motifs is 1. The number of amides is 2. The standard InChI is InChI=1S/C14H14N2O6S/c17-10(6-22-8-4-2-1-3-5-8)15-11-12(18)16-9(14(19)20)7-23(21)13(11)16/h1-5,9,11,13H,6-7H2,(H,15,17)(H,19,20)/t9?,11?,13-,23?/m1/s1. The molecule has 1 aromatic carbocycles. The fourth-order valence-electron chi connectivity index (χ4n) is 2.63. The largest absolute Gasteiger partial charge is 0.615 e. The van der Waals surface area contributed by atoms with Crippen LogP contribution in [0.5, 0.6) is 5.75 Å². The van der Waals surface area contributed by atoms with Gasteiger partial charge in [-0.05, 0) is 23.3 Å². The normalized spacial score (nSPS) is 28.7. The molecular weight excluding hydrogens is 324 g/mol. The maximum Gasteiger partial charge on any atom is 0.331 e. The van der Waals surface area contributed by atoms with Crippen LogP contribution in [0.15, 0.2) is 30.3 Å². The lowest BCUT2D eigenvalue weighted by atomic mass is 10.0. The number of hydrogen-bond acceptors (Lipinski definition) is 5. The molecule has 2 heterocycles. The minimum Gasteiger partial charge on any atom is -0.615 e. The predicted molar refractivity (Wildman–Crippen MR) is 78.9 cm³/mol. The Hall–Kier alpha value is -2.26. The first-order valence-electron chi connectivity index (χ1n) is 6.88. The number of carboxylic acid groups (broad SMARTS) is 1. The topological polar surface area (TPSA) is 119 Å². The molecule has 122 valence electrons. The molecule has 2 aliphatic rings. The zero-order valence-corrected chi connectivity index (χ0v) is 12.7. The van der Waals surface area contributed by atoms with Crippen molar-refractivity contribution in [2.45, 2.75) is 17.5 Å². The lowest BCUT2D eigenvalue weighted by molar-refractivity contribution is -0.159. The van der Waals surface area contributed by atoms with Gasteiger partial charge in [0.05, 0.1) is 0 Å². The van der Waals surface area contributed by atoms with Gasteiger partial charge in [0.1, 0.15) is 11.5 Å². The van der Waals surface area contributed by atoms with Crippen molar-refractivity contribution in [3.05, 3.63) is 30.3 Å². The Morgan fingerprint density at radius 1 is 1.39 bits per heavy atom. The molecule has 0 radical (unpaired) electrons. The zero-order valence-electron chi connectivity index (χ0n) is 11.9. The van der Waals surface area contributed by atoms with Gasteiger partial charge in [0.15, 0.2) is 18.7 Å². The first-order chi connectivity index (χ1) is 11.0. The summed E-state index contributed by atoms with van der Waals surface area (Å²) in [6, 6.07) is 6.67. The lowest BCUT2D eigenvalue weighted by Gasteiger charge is -2.41. The summed E-state index contributed by atoms with van der Waals surface area (Å²) in [6.07, 6.45) is 0. The number of carboxylic acids is 1. The van der Waals surface area contributed by atoms with Crippen LogP contribution >= 0.6 is 0 Å². The molecule has 4 atom stereocenters. The molecule has 8 nitrogen and oxygen atoms in total. The molecule has 2 N–H and O–H groups in total. The van der Waals surface area contributed by atoms with Crippen molar-refractivity contribution < 1.29 is 28.8 Å². The highest BCUT2D eigenvalue weighted by Crippen LogP contribution is 2.35. The number of ether oxygens (including phenoxy) is 1. The van der Waals surface area contributed by atoms with Crippen molar-refractivity contribution in [1.82, 2.24) is 10.2 Å². The highest BCUT2D eigenvalue weighted by atomic mass is 32.2. The number of carbonyl (C=O) groups excluding carboxylic acids is 2. The van der Waals surface area contributed by atoms with Crippen LogP contribution < -0.4 is 10.1 Å². The maximum absolute atomic E-state index is 12.0. The second-order valence-corrected chi connectivity index (χ2v) is 6.76. The van der Waals surface area contributed by atoms with E-state index in [0.717, 1.165) is 4.90 Å². The Labute approximate surface area is 134 Å². The molecule has 1 aromatic rings. The third kappa shape index (κ3) is 2.84. The summed E-state index contributed by atoms with van der Waals surface area (Å²) in [5, 5.41) is 10.7. The molecular formula is C14H14N2O6S. The second kappa shape index (κ2) is 6.09. The smallest absolute Gasteiger partial charge is 0.331 e. The summed E-state index contributed by atoms with van der Waals surface area (Å²) in [4.78, 5) is 35.9. The molecule has 0 spiro atoms. The van der Waals surface area contributed by atoms with Crippen LogP contribution in [-0.4, -0.2) is 62.2 Å². The van der Waals surface area contributed by atoms with E-state index >= 15 is 0 Å². The predicted octanol–water partition coefficient (Wildman–Crippen LogP) is -1.07. The number of para-hydroxylation sites is 1. The SMILES string of the molecule is O=C(COc1ccccc1)NC1C(=O)N2C(C(=O)O)C[S+]([O-])[C@H]12. The average Bonchev–Trinajstić information content (AvgIpc) is 2.85. The second-order valence-electron chi connectivity index (χ2n) is 5.18. The summed E-state index contributed by atoms with van der Waals surface area (Å²) in [5.74, 6) is -1.84. The highest BCUT2D eigenvalue weighted by molar-refractivity contribution is 7.92. The van der Waals surface area contributed by atoms with E-state index in [1.54, 1.807) is 24.3 Å². The number of nitrogens with one attached hydrogen (secondary N) is 1. The van der Waals surface area contributed by atoms with Crippen molar-refractivity contribution in [3.8, 4) is 5.75 Å². The molecule has 9 heteroatoms. The Morgan fingerprint density at radius 3 is 2.74 bits per heavy atom. The molecule has 3 rings (SSSR count). The molecule has 0 bridgehead atoms. The zero-order chi connectivity index (χ0) is 16.6. The quantitative estimate of drug-likeness (QED) is 0.521. The van der Waals surface area contributed by atoms with E-state index in [9.17, 15) is 18.9 Å². The van der Waals surface area contributed by atoms with E-state index in [0.29, 0.717) is 5.75 Å². The van der Waals surface area contributed by atoms with Crippen LogP contribution in [0.4, 0.5) is 0 Å². The van der Waals surface area contributed by atoms with E-state index in [1.165, 1.54) is 0 Å². The number of rotatable bonds is 5. The molecule has 2 saturated heterocycles. The van der Waals surface area contributed by atoms with Gasteiger partial charge >= 0.3 is 5.97 Å². The summed E-state index contributed by atoms with van der Waals surface area (Å²) < 4.78 is 17.2. The third-order valence-electron chi connectivity index (χ3n) is 3.72. The molecule has 0 aromatic heterocycles. The highest BCUT2D eigenvalue weighted by Gasteiger charge is 2.65. The van der Waals surface area contributed by atoms with Crippen LogP contribution in [0.2, 0.25) is 0 Å². The molecule has 3 unspecified atom stereocenters. The summed E-state index contributed by atoms with van der Waals surface area (Å²) in [5.41, 5.74) is 0. The van der Waals surface area contributed by atoms with Crippen molar-refractivity contribution in [1.29, 1.82) is 0 Å². The number of nitrogens with zero attached hydrogens (tertiary/aromatic N) is 1. The summed E-state index contributed by atoms with van der Waals surface area (Å²) in [6.45, 7) is -0.282. The van der Waals surface area contributed by atoms with Crippen molar-refractivity contribution in [2.75, 3.05) is 12.4 Å². The molecule has 2 fully saturated rings. The van der Waals surface area contributed by atoms with Crippen LogP contribution in [0.25, 0.3) is 0 Å². The van der Waals surface area contributed by atoms with Gasteiger partial charge in [-0.3, -0.25) is 14.5 Å². The molecule has 2 aliphatic heterocycles. The number of hydrogen-bond donors (Lipinski definition) is 2. The third-order valence-corrected chi connectivity index (χ3v) is 5.40. The molecule has 23 heavy (non-hydrogen) atoms.